The average molecular weight is 158 g/mol. The minimum Gasteiger partial charge on any atom is -0.363 e. The fourth-order valence-electron chi connectivity index (χ4n) is 1.46. The first-order chi connectivity index (χ1) is 5.23. The van der Waals surface area contributed by atoms with Crippen LogP contribution in [0.4, 0.5) is 0 Å². The van der Waals surface area contributed by atoms with Crippen molar-refractivity contribution in [3.05, 3.63) is 0 Å². The third-order valence-corrected chi connectivity index (χ3v) is 2.30. The van der Waals surface area contributed by atoms with Crippen LogP contribution in [0.2, 0.25) is 0 Å². The van der Waals surface area contributed by atoms with Crippen molar-refractivity contribution in [2.24, 2.45) is 0 Å². The number of ether oxygens (including phenoxy) is 1. The van der Waals surface area contributed by atoms with Gasteiger partial charge in [0.2, 0.25) is 0 Å². The summed E-state index contributed by atoms with van der Waals surface area (Å²) in [6, 6.07) is 0. The summed E-state index contributed by atoms with van der Waals surface area (Å²) in [7, 11) is 0. The maximum absolute atomic E-state index is 9.59. The zero-order valence-corrected chi connectivity index (χ0v) is 7.47. The van der Waals surface area contributed by atoms with E-state index in [-0.39, 0.29) is 6.10 Å². The fraction of sp³-hybridized carbons (Fsp3) is 1.00. The van der Waals surface area contributed by atoms with Gasteiger partial charge in [0, 0.05) is 6.42 Å². The Hall–Kier alpha value is -0.0800. The molecule has 0 aromatic rings. The van der Waals surface area contributed by atoms with E-state index in [1.807, 2.05) is 6.92 Å². The lowest BCUT2D eigenvalue weighted by Crippen LogP contribution is -2.13. The third-order valence-electron chi connectivity index (χ3n) is 2.30. The summed E-state index contributed by atoms with van der Waals surface area (Å²) in [6.07, 6.45) is 5.36. The van der Waals surface area contributed by atoms with Gasteiger partial charge in [-0.05, 0) is 12.8 Å². The Kier molecular flexibility index (Phi) is 2.90. The van der Waals surface area contributed by atoms with Gasteiger partial charge in [0.15, 0.2) is 5.79 Å². The predicted octanol–water partition coefficient (Wildman–Crippen LogP) is 2.06. The highest BCUT2D eigenvalue weighted by Crippen LogP contribution is 2.40. The van der Waals surface area contributed by atoms with Crippen molar-refractivity contribution in [3.8, 4) is 0 Å². The van der Waals surface area contributed by atoms with Crippen LogP contribution in [0.1, 0.15) is 46.0 Å². The van der Waals surface area contributed by atoms with Crippen molar-refractivity contribution in [2.45, 2.75) is 57.8 Å². The fourth-order valence-corrected chi connectivity index (χ4v) is 1.46. The Balaban J connectivity index is 2.08. The molecule has 1 heterocycles. The highest BCUT2D eigenvalue weighted by atomic mass is 16.7. The molecule has 2 nitrogen and oxygen atoms in total. The van der Waals surface area contributed by atoms with E-state index in [9.17, 15) is 5.11 Å². The van der Waals surface area contributed by atoms with E-state index in [1.54, 1.807) is 0 Å². The number of aliphatic hydroxyl groups is 1. The van der Waals surface area contributed by atoms with Crippen LogP contribution in [-0.4, -0.2) is 17.0 Å². The van der Waals surface area contributed by atoms with Gasteiger partial charge in [0.05, 0.1) is 0 Å². The summed E-state index contributed by atoms with van der Waals surface area (Å²) in [5.41, 5.74) is 0. The molecule has 2 unspecified atom stereocenters. The monoisotopic (exact) mass is 158 g/mol. The Labute approximate surface area is 68.6 Å². The largest absolute Gasteiger partial charge is 0.363 e. The predicted molar refractivity (Wildman–Crippen MR) is 44.3 cm³/mol. The molecule has 1 rings (SSSR count). The number of rotatable bonds is 5. The van der Waals surface area contributed by atoms with Crippen LogP contribution < -0.4 is 0 Å². The molecule has 0 aromatic carbocycles. The SMILES string of the molecule is CCCCCC1(O)OC1CC. The first kappa shape index (κ1) is 9.01. The second-order valence-electron chi connectivity index (χ2n) is 3.32. The zero-order chi connectivity index (χ0) is 8.32. The quantitative estimate of drug-likeness (QED) is 0.490. The number of epoxide rings is 1. The van der Waals surface area contributed by atoms with E-state index in [2.05, 4.69) is 6.92 Å². The molecule has 0 spiro atoms. The van der Waals surface area contributed by atoms with Gasteiger partial charge in [-0.2, -0.15) is 0 Å². The molecule has 0 radical (unpaired) electrons. The van der Waals surface area contributed by atoms with E-state index >= 15 is 0 Å². The molecule has 2 atom stereocenters. The first-order valence-electron chi connectivity index (χ1n) is 4.63. The van der Waals surface area contributed by atoms with E-state index in [1.165, 1.54) is 12.8 Å². The summed E-state index contributed by atoms with van der Waals surface area (Å²) in [4.78, 5) is 0. The van der Waals surface area contributed by atoms with E-state index in [0.29, 0.717) is 0 Å². The minimum atomic E-state index is -0.732. The highest BCUT2D eigenvalue weighted by molar-refractivity contribution is 4.91. The molecular weight excluding hydrogens is 140 g/mol. The van der Waals surface area contributed by atoms with E-state index in [0.717, 1.165) is 19.3 Å². The number of hydrogen-bond acceptors (Lipinski definition) is 2. The zero-order valence-electron chi connectivity index (χ0n) is 7.47. The minimum absolute atomic E-state index is 0.124. The summed E-state index contributed by atoms with van der Waals surface area (Å²) in [5.74, 6) is -0.732. The average Bonchev–Trinajstić information content (AvgIpc) is 2.63. The lowest BCUT2D eigenvalue weighted by molar-refractivity contribution is 0.0265. The van der Waals surface area contributed by atoms with E-state index in [4.69, 9.17) is 4.74 Å². The van der Waals surface area contributed by atoms with Crippen LogP contribution in [0, 0.1) is 0 Å². The molecule has 0 aromatic heterocycles. The van der Waals surface area contributed by atoms with Crippen LogP contribution in [0.3, 0.4) is 0 Å². The Bertz CT molecular complexity index is 125. The van der Waals surface area contributed by atoms with Crippen LogP contribution in [0.25, 0.3) is 0 Å². The van der Waals surface area contributed by atoms with Crippen molar-refractivity contribution >= 4 is 0 Å². The van der Waals surface area contributed by atoms with Crippen LogP contribution in [-0.2, 0) is 4.74 Å². The Morgan fingerprint density at radius 3 is 2.55 bits per heavy atom. The van der Waals surface area contributed by atoms with E-state index < -0.39 is 5.79 Å². The molecule has 1 fully saturated rings. The lowest BCUT2D eigenvalue weighted by atomic mass is 10.1. The molecular formula is C9H18O2. The summed E-state index contributed by atoms with van der Waals surface area (Å²) in [5, 5.41) is 9.59. The Morgan fingerprint density at radius 1 is 1.36 bits per heavy atom. The maximum atomic E-state index is 9.59. The van der Waals surface area contributed by atoms with Gasteiger partial charge >= 0.3 is 0 Å². The highest BCUT2D eigenvalue weighted by Gasteiger charge is 2.52. The smallest absolute Gasteiger partial charge is 0.192 e. The molecule has 1 aliphatic heterocycles. The van der Waals surface area contributed by atoms with Crippen LogP contribution in [0.15, 0.2) is 0 Å². The van der Waals surface area contributed by atoms with Gasteiger partial charge in [-0.15, -0.1) is 0 Å². The Morgan fingerprint density at radius 2 is 2.09 bits per heavy atom. The van der Waals surface area contributed by atoms with Crippen molar-refractivity contribution in [1.29, 1.82) is 0 Å². The van der Waals surface area contributed by atoms with Gasteiger partial charge < -0.3 is 9.84 Å². The first-order valence-corrected chi connectivity index (χ1v) is 4.63. The van der Waals surface area contributed by atoms with Gasteiger partial charge in [-0.3, -0.25) is 0 Å². The van der Waals surface area contributed by atoms with Gasteiger partial charge in [0.25, 0.3) is 0 Å². The molecule has 0 aliphatic carbocycles. The molecule has 1 N–H and O–H groups in total. The van der Waals surface area contributed by atoms with Crippen molar-refractivity contribution in [2.75, 3.05) is 0 Å². The molecule has 0 bridgehead atoms. The normalized spacial score (nSPS) is 35.7. The molecule has 0 amide bonds. The van der Waals surface area contributed by atoms with Crippen molar-refractivity contribution in [1.82, 2.24) is 0 Å². The molecule has 11 heavy (non-hydrogen) atoms. The van der Waals surface area contributed by atoms with Crippen molar-refractivity contribution in [3.63, 3.8) is 0 Å². The van der Waals surface area contributed by atoms with Crippen molar-refractivity contribution < 1.29 is 9.84 Å². The standard InChI is InChI=1S/C9H18O2/c1-3-5-6-7-9(10)8(4-2)11-9/h8,10H,3-7H2,1-2H3. The summed E-state index contributed by atoms with van der Waals surface area (Å²) < 4.78 is 5.16. The van der Waals surface area contributed by atoms with Gasteiger partial charge in [0.1, 0.15) is 6.10 Å². The molecule has 1 saturated heterocycles. The third kappa shape index (κ3) is 2.17. The molecule has 2 heteroatoms. The number of hydrogen-bond donors (Lipinski definition) is 1. The summed E-state index contributed by atoms with van der Waals surface area (Å²) >= 11 is 0. The maximum Gasteiger partial charge on any atom is 0.192 e. The number of unbranched alkanes of at least 4 members (excludes halogenated alkanes) is 2. The van der Waals surface area contributed by atoms with Crippen LogP contribution in [0.5, 0.6) is 0 Å². The summed E-state index contributed by atoms with van der Waals surface area (Å²) in [6.45, 7) is 4.21. The topological polar surface area (TPSA) is 32.8 Å². The second kappa shape index (κ2) is 3.55. The molecule has 0 saturated carbocycles. The van der Waals surface area contributed by atoms with Crippen LogP contribution >= 0.6 is 0 Å². The van der Waals surface area contributed by atoms with Gasteiger partial charge in [-0.1, -0.05) is 26.7 Å². The second-order valence-corrected chi connectivity index (χ2v) is 3.32. The lowest BCUT2D eigenvalue weighted by Gasteiger charge is -2.02. The molecule has 66 valence electrons. The van der Waals surface area contributed by atoms with Gasteiger partial charge in [-0.25, -0.2) is 0 Å². The molecule has 1 aliphatic rings.